The number of hydrogen-bond acceptors (Lipinski definition) is 1. The molecule has 0 atom stereocenters. The normalized spacial score (nSPS) is 10.4. The molecule has 0 aromatic heterocycles. The van der Waals surface area contributed by atoms with Gasteiger partial charge in [-0.15, -0.1) is 0 Å². The summed E-state index contributed by atoms with van der Waals surface area (Å²) in [7, 11) is 0. The molecule has 2 aromatic carbocycles. The van der Waals surface area contributed by atoms with Crippen LogP contribution in [0.2, 0.25) is 0 Å². The van der Waals surface area contributed by atoms with Crippen LogP contribution in [0.25, 0.3) is 0 Å². The first-order valence-corrected chi connectivity index (χ1v) is 6.81. The fraction of sp³-hybridized carbons (Fsp3) is 0.188. The second-order valence-electron chi connectivity index (χ2n) is 4.35. The predicted octanol–water partition coefficient (Wildman–Crippen LogP) is 4.55. The summed E-state index contributed by atoms with van der Waals surface area (Å²) in [6.07, 6.45) is 0.943. The Balaban J connectivity index is 2.38. The standard InChI is InChI=1S/C16H15BrO/c1-3-12-5-4-6-13(9-12)16(18)14-8-7-11(2)15(17)10-14/h4-10H,3H2,1-2H3. The van der Waals surface area contributed by atoms with E-state index >= 15 is 0 Å². The van der Waals surface area contributed by atoms with Gasteiger partial charge in [0, 0.05) is 15.6 Å². The molecule has 0 radical (unpaired) electrons. The van der Waals surface area contributed by atoms with Crippen molar-refractivity contribution in [1.29, 1.82) is 0 Å². The Morgan fingerprint density at radius 2 is 1.83 bits per heavy atom. The Bertz CT molecular complexity index is 587. The first kappa shape index (κ1) is 13.0. The highest BCUT2D eigenvalue weighted by Gasteiger charge is 2.10. The topological polar surface area (TPSA) is 17.1 Å². The lowest BCUT2D eigenvalue weighted by Gasteiger charge is -2.05. The Labute approximate surface area is 116 Å². The van der Waals surface area contributed by atoms with E-state index in [1.165, 1.54) is 5.56 Å². The highest BCUT2D eigenvalue weighted by Crippen LogP contribution is 2.20. The minimum atomic E-state index is 0.0750. The molecule has 0 fully saturated rings. The van der Waals surface area contributed by atoms with Gasteiger partial charge in [-0.3, -0.25) is 4.79 Å². The van der Waals surface area contributed by atoms with E-state index in [1.807, 2.05) is 49.4 Å². The summed E-state index contributed by atoms with van der Waals surface area (Å²) in [6.45, 7) is 4.10. The van der Waals surface area contributed by atoms with Crippen molar-refractivity contribution in [3.8, 4) is 0 Å². The number of carbonyl (C=O) groups excluding carboxylic acids is 1. The van der Waals surface area contributed by atoms with E-state index in [2.05, 4.69) is 22.9 Å². The number of halogens is 1. The van der Waals surface area contributed by atoms with E-state index < -0.39 is 0 Å². The molecule has 0 heterocycles. The van der Waals surface area contributed by atoms with Gasteiger partial charge in [-0.05, 0) is 36.6 Å². The number of hydrogen-bond donors (Lipinski definition) is 0. The van der Waals surface area contributed by atoms with Crippen molar-refractivity contribution in [2.24, 2.45) is 0 Å². The van der Waals surface area contributed by atoms with E-state index in [0.29, 0.717) is 0 Å². The number of benzene rings is 2. The molecule has 0 aliphatic carbocycles. The van der Waals surface area contributed by atoms with Crippen molar-refractivity contribution in [1.82, 2.24) is 0 Å². The number of rotatable bonds is 3. The molecule has 0 aliphatic heterocycles. The lowest BCUT2D eigenvalue weighted by molar-refractivity contribution is 0.103. The van der Waals surface area contributed by atoms with Gasteiger partial charge in [-0.1, -0.05) is 53.2 Å². The first-order valence-electron chi connectivity index (χ1n) is 6.01. The average molecular weight is 303 g/mol. The third-order valence-corrected chi connectivity index (χ3v) is 3.89. The monoisotopic (exact) mass is 302 g/mol. The molecular weight excluding hydrogens is 288 g/mol. The largest absolute Gasteiger partial charge is 0.289 e. The maximum Gasteiger partial charge on any atom is 0.193 e. The molecule has 2 aromatic rings. The van der Waals surface area contributed by atoms with Gasteiger partial charge in [0.25, 0.3) is 0 Å². The van der Waals surface area contributed by atoms with E-state index in [1.54, 1.807) is 0 Å². The van der Waals surface area contributed by atoms with Crippen molar-refractivity contribution in [2.45, 2.75) is 20.3 Å². The molecule has 0 unspecified atom stereocenters. The van der Waals surface area contributed by atoms with Crippen LogP contribution < -0.4 is 0 Å². The molecule has 0 amide bonds. The van der Waals surface area contributed by atoms with Crippen LogP contribution in [0.5, 0.6) is 0 Å². The zero-order valence-electron chi connectivity index (χ0n) is 10.5. The maximum atomic E-state index is 12.4. The first-order chi connectivity index (χ1) is 8.61. The number of carbonyl (C=O) groups is 1. The van der Waals surface area contributed by atoms with Crippen LogP contribution in [0.4, 0.5) is 0 Å². The zero-order chi connectivity index (χ0) is 13.1. The second-order valence-corrected chi connectivity index (χ2v) is 5.20. The van der Waals surface area contributed by atoms with Crippen LogP contribution in [-0.2, 0) is 6.42 Å². The van der Waals surface area contributed by atoms with Crippen molar-refractivity contribution in [2.75, 3.05) is 0 Å². The quantitative estimate of drug-likeness (QED) is 0.760. The summed E-state index contributed by atoms with van der Waals surface area (Å²) in [6, 6.07) is 13.5. The number of ketones is 1. The molecule has 0 spiro atoms. The minimum Gasteiger partial charge on any atom is -0.289 e. The van der Waals surface area contributed by atoms with E-state index in [4.69, 9.17) is 0 Å². The van der Waals surface area contributed by atoms with Crippen LogP contribution in [0.1, 0.15) is 34.0 Å². The smallest absolute Gasteiger partial charge is 0.193 e. The van der Waals surface area contributed by atoms with Crippen molar-refractivity contribution in [3.63, 3.8) is 0 Å². The molecule has 2 heteroatoms. The molecule has 0 N–H and O–H groups in total. The zero-order valence-corrected chi connectivity index (χ0v) is 12.1. The Morgan fingerprint density at radius 1 is 1.11 bits per heavy atom. The van der Waals surface area contributed by atoms with Crippen molar-refractivity contribution >= 4 is 21.7 Å². The van der Waals surface area contributed by atoms with Crippen LogP contribution >= 0.6 is 15.9 Å². The van der Waals surface area contributed by atoms with Crippen LogP contribution in [0.3, 0.4) is 0 Å². The van der Waals surface area contributed by atoms with Gasteiger partial charge in [-0.25, -0.2) is 0 Å². The van der Waals surface area contributed by atoms with Gasteiger partial charge in [0.1, 0.15) is 0 Å². The highest BCUT2D eigenvalue weighted by atomic mass is 79.9. The average Bonchev–Trinajstić information content (AvgIpc) is 2.41. The predicted molar refractivity (Wildman–Crippen MR) is 78.1 cm³/mol. The summed E-state index contributed by atoms with van der Waals surface area (Å²) >= 11 is 3.46. The molecule has 0 saturated heterocycles. The van der Waals surface area contributed by atoms with E-state index in [9.17, 15) is 4.79 Å². The minimum absolute atomic E-state index is 0.0750. The molecule has 2 rings (SSSR count). The van der Waals surface area contributed by atoms with E-state index in [0.717, 1.165) is 27.6 Å². The summed E-state index contributed by atoms with van der Waals surface area (Å²) in [5, 5.41) is 0. The lowest BCUT2D eigenvalue weighted by atomic mass is 10.00. The van der Waals surface area contributed by atoms with Crippen molar-refractivity contribution in [3.05, 3.63) is 69.2 Å². The summed E-state index contributed by atoms with van der Waals surface area (Å²) < 4.78 is 0.972. The molecule has 0 saturated carbocycles. The third-order valence-electron chi connectivity index (χ3n) is 3.03. The molecule has 0 bridgehead atoms. The summed E-state index contributed by atoms with van der Waals surface area (Å²) in [5.74, 6) is 0.0750. The SMILES string of the molecule is CCc1cccc(C(=O)c2ccc(C)c(Br)c2)c1. The van der Waals surface area contributed by atoms with E-state index in [-0.39, 0.29) is 5.78 Å². The molecule has 92 valence electrons. The summed E-state index contributed by atoms with van der Waals surface area (Å²) in [4.78, 5) is 12.4. The van der Waals surface area contributed by atoms with Crippen molar-refractivity contribution < 1.29 is 4.79 Å². The van der Waals surface area contributed by atoms with Gasteiger partial charge >= 0.3 is 0 Å². The molecular formula is C16H15BrO. The summed E-state index contributed by atoms with van der Waals surface area (Å²) in [5.41, 5.74) is 3.80. The third kappa shape index (κ3) is 2.70. The number of aryl methyl sites for hydroxylation is 2. The van der Waals surface area contributed by atoms with Gasteiger partial charge in [0.2, 0.25) is 0 Å². The van der Waals surface area contributed by atoms with Gasteiger partial charge in [-0.2, -0.15) is 0 Å². The molecule has 1 nitrogen and oxygen atoms in total. The van der Waals surface area contributed by atoms with Gasteiger partial charge in [0.15, 0.2) is 5.78 Å². The fourth-order valence-corrected chi connectivity index (χ4v) is 2.21. The van der Waals surface area contributed by atoms with Crippen LogP contribution in [0.15, 0.2) is 46.9 Å². The van der Waals surface area contributed by atoms with Gasteiger partial charge in [0.05, 0.1) is 0 Å². The highest BCUT2D eigenvalue weighted by molar-refractivity contribution is 9.10. The molecule has 18 heavy (non-hydrogen) atoms. The van der Waals surface area contributed by atoms with Crippen LogP contribution in [-0.4, -0.2) is 5.78 Å². The fourth-order valence-electron chi connectivity index (χ4n) is 1.83. The molecule has 0 aliphatic rings. The second kappa shape index (κ2) is 5.49. The maximum absolute atomic E-state index is 12.4. The van der Waals surface area contributed by atoms with Crippen LogP contribution in [0, 0.1) is 6.92 Å². The Hall–Kier alpha value is -1.41. The Morgan fingerprint density at radius 3 is 2.50 bits per heavy atom. The van der Waals surface area contributed by atoms with Gasteiger partial charge < -0.3 is 0 Å². The lowest BCUT2D eigenvalue weighted by Crippen LogP contribution is -2.02. The Kier molecular flexibility index (Phi) is 3.97.